The van der Waals surface area contributed by atoms with E-state index in [-0.39, 0.29) is 6.10 Å². The molecule has 1 aliphatic rings. The Kier molecular flexibility index (Phi) is 4.80. The maximum Gasteiger partial charge on any atom is 0.341 e. The van der Waals surface area contributed by atoms with Crippen LogP contribution in [0.3, 0.4) is 0 Å². The molecule has 0 aliphatic carbocycles. The fraction of sp³-hybridized carbons (Fsp3) is 0.294. The van der Waals surface area contributed by atoms with Crippen molar-refractivity contribution < 1.29 is 26.7 Å². The van der Waals surface area contributed by atoms with Crippen LogP contribution in [-0.2, 0) is 9.84 Å². The maximum atomic E-state index is 12.6. The number of hydrogen-bond acceptors (Lipinski definition) is 5. The van der Waals surface area contributed by atoms with Gasteiger partial charge in [-0.2, -0.15) is 8.78 Å². The summed E-state index contributed by atoms with van der Waals surface area (Å²) in [6, 6.07) is 12.7. The van der Waals surface area contributed by atoms with E-state index in [1.165, 1.54) is 24.3 Å². The average molecular weight is 369 g/mol. The number of fused-ring (bicyclic) bond motifs is 1. The summed E-state index contributed by atoms with van der Waals surface area (Å²) in [4.78, 5) is 1.45. The van der Waals surface area contributed by atoms with Crippen molar-refractivity contribution in [3.63, 3.8) is 0 Å². The van der Waals surface area contributed by atoms with Gasteiger partial charge in [-0.3, -0.25) is 0 Å². The van der Waals surface area contributed by atoms with Gasteiger partial charge in [0.25, 0.3) is 0 Å². The van der Waals surface area contributed by atoms with Gasteiger partial charge in [-0.1, -0.05) is 12.1 Å². The second-order valence-electron chi connectivity index (χ2n) is 5.68. The van der Waals surface area contributed by atoms with Crippen LogP contribution in [0.2, 0.25) is 0 Å². The predicted octanol–water partition coefficient (Wildman–Crippen LogP) is 2.96. The molecule has 0 N–H and O–H groups in total. The molecule has 25 heavy (non-hydrogen) atoms. The summed E-state index contributed by atoms with van der Waals surface area (Å²) in [6.45, 7) is 0.883. The second kappa shape index (κ2) is 6.87. The van der Waals surface area contributed by atoms with Crippen LogP contribution < -0.4 is 14.4 Å². The molecule has 3 rings (SSSR count). The Morgan fingerprint density at radius 3 is 2.40 bits per heavy atom. The van der Waals surface area contributed by atoms with Gasteiger partial charge < -0.3 is 14.4 Å². The van der Waals surface area contributed by atoms with Gasteiger partial charge >= 0.3 is 5.76 Å². The molecule has 2 aromatic carbocycles. The number of ether oxygens (including phenoxy) is 2. The first-order chi connectivity index (χ1) is 11.9. The molecule has 2 aromatic rings. The molecule has 0 spiro atoms. The number of anilines is 1. The summed E-state index contributed by atoms with van der Waals surface area (Å²) < 4.78 is 59.5. The molecular formula is C17H17F2NO4S. The zero-order valence-electron chi connectivity index (χ0n) is 13.4. The smallest absolute Gasteiger partial charge is 0.341 e. The van der Waals surface area contributed by atoms with E-state index in [1.54, 1.807) is 7.05 Å². The summed E-state index contributed by atoms with van der Waals surface area (Å²) in [5, 5.41) is 0. The monoisotopic (exact) mass is 369 g/mol. The van der Waals surface area contributed by atoms with E-state index in [0.717, 1.165) is 0 Å². The van der Waals surface area contributed by atoms with E-state index in [2.05, 4.69) is 0 Å². The number of hydrogen-bond donors (Lipinski definition) is 0. The van der Waals surface area contributed by atoms with Crippen LogP contribution in [0, 0.1) is 0 Å². The Hall–Kier alpha value is -2.35. The molecule has 134 valence electrons. The molecule has 0 unspecified atom stereocenters. The SMILES string of the molecule is CN(C[C@H]1COc2ccccc2O1)c1ccc(S(=O)(=O)C(F)F)cc1. The lowest BCUT2D eigenvalue weighted by Crippen LogP contribution is -2.39. The molecule has 5 nitrogen and oxygen atoms in total. The van der Waals surface area contributed by atoms with Crippen molar-refractivity contribution in [3.05, 3.63) is 48.5 Å². The summed E-state index contributed by atoms with van der Waals surface area (Å²) in [6.07, 6.45) is -0.204. The van der Waals surface area contributed by atoms with Crippen LogP contribution in [0.1, 0.15) is 0 Å². The van der Waals surface area contributed by atoms with Gasteiger partial charge in [0.15, 0.2) is 17.6 Å². The summed E-state index contributed by atoms with van der Waals surface area (Å²) in [7, 11) is -2.77. The van der Waals surface area contributed by atoms with Crippen molar-refractivity contribution in [2.75, 3.05) is 25.1 Å². The minimum atomic E-state index is -4.58. The Morgan fingerprint density at radius 1 is 1.12 bits per heavy atom. The van der Waals surface area contributed by atoms with Gasteiger partial charge in [-0.05, 0) is 36.4 Å². The number of rotatable bonds is 5. The molecule has 8 heteroatoms. The van der Waals surface area contributed by atoms with Gasteiger partial charge in [0, 0.05) is 12.7 Å². The summed E-state index contributed by atoms with van der Waals surface area (Å²) >= 11 is 0. The van der Waals surface area contributed by atoms with Crippen LogP contribution in [0.15, 0.2) is 53.4 Å². The lowest BCUT2D eigenvalue weighted by molar-refractivity contribution is 0.0960. The molecule has 0 amide bonds. The maximum absolute atomic E-state index is 12.6. The van der Waals surface area contributed by atoms with Crippen LogP contribution in [0.25, 0.3) is 0 Å². The highest BCUT2D eigenvalue weighted by Gasteiger charge is 2.27. The molecule has 0 aromatic heterocycles. The highest BCUT2D eigenvalue weighted by molar-refractivity contribution is 7.91. The first-order valence-electron chi connectivity index (χ1n) is 7.59. The summed E-state index contributed by atoms with van der Waals surface area (Å²) in [5.74, 6) is -2.06. The number of halogens is 2. The van der Waals surface area contributed by atoms with E-state index in [1.807, 2.05) is 29.2 Å². The number of para-hydroxylation sites is 2. The number of nitrogens with zero attached hydrogens (tertiary/aromatic N) is 1. The first kappa shape index (κ1) is 17.5. The predicted molar refractivity (Wildman–Crippen MR) is 89.3 cm³/mol. The standard InChI is InChI=1S/C17H17F2NO4S/c1-20(10-13-11-23-15-4-2-3-5-16(15)24-13)12-6-8-14(9-7-12)25(21,22)17(18)19/h2-9,13,17H,10-11H2,1H3/t13-/m0/s1. The van der Waals surface area contributed by atoms with Crippen LogP contribution >= 0.6 is 0 Å². The van der Waals surface area contributed by atoms with Crippen LogP contribution in [0.4, 0.5) is 14.5 Å². The van der Waals surface area contributed by atoms with Crippen LogP contribution in [-0.4, -0.2) is 40.5 Å². The molecule has 0 saturated carbocycles. The van der Waals surface area contributed by atoms with Crippen molar-refractivity contribution in [1.82, 2.24) is 0 Å². The lowest BCUT2D eigenvalue weighted by atomic mass is 10.2. The number of likely N-dealkylation sites (N-methyl/N-ethyl adjacent to an activating group) is 1. The van der Waals surface area contributed by atoms with Gasteiger partial charge in [-0.25, -0.2) is 8.42 Å². The number of sulfone groups is 1. The van der Waals surface area contributed by atoms with Crippen LogP contribution in [0.5, 0.6) is 11.5 Å². The van der Waals surface area contributed by atoms with E-state index >= 15 is 0 Å². The number of benzene rings is 2. The third kappa shape index (κ3) is 3.68. The normalized spacial score (nSPS) is 16.7. The highest BCUT2D eigenvalue weighted by atomic mass is 32.2. The van der Waals surface area contributed by atoms with Crippen molar-refractivity contribution in [2.45, 2.75) is 16.8 Å². The second-order valence-corrected chi connectivity index (χ2v) is 7.60. The Bertz CT molecular complexity index is 840. The summed E-state index contributed by atoms with van der Waals surface area (Å²) in [5.41, 5.74) is 0.690. The van der Waals surface area contributed by atoms with Gasteiger partial charge in [0.05, 0.1) is 11.4 Å². The Labute approximate surface area is 144 Å². The zero-order valence-corrected chi connectivity index (χ0v) is 14.2. The molecule has 1 heterocycles. The number of alkyl halides is 2. The third-order valence-electron chi connectivity index (χ3n) is 3.89. The fourth-order valence-corrected chi connectivity index (χ4v) is 3.28. The van der Waals surface area contributed by atoms with Gasteiger partial charge in [0.2, 0.25) is 9.84 Å². The minimum Gasteiger partial charge on any atom is -0.486 e. The molecule has 0 radical (unpaired) electrons. The fourth-order valence-electron chi connectivity index (χ4n) is 2.56. The third-order valence-corrected chi connectivity index (χ3v) is 5.28. The van der Waals surface area contributed by atoms with Crippen molar-refractivity contribution in [3.8, 4) is 11.5 Å². The van der Waals surface area contributed by atoms with E-state index < -0.39 is 20.5 Å². The van der Waals surface area contributed by atoms with E-state index in [4.69, 9.17) is 9.47 Å². The molecule has 0 fully saturated rings. The molecule has 0 bridgehead atoms. The van der Waals surface area contributed by atoms with Crippen molar-refractivity contribution in [2.24, 2.45) is 0 Å². The Balaban J connectivity index is 1.67. The van der Waals surface area contributed by atoms with Crippen molar-refractivity contribution >= 4 is 15.5 Å². The lowest BCUT2D eigenvalue weighted by Gasteiger charge is -2.30. The van der Waals surface area contributed by atoms with E-state index in [9.17, 15) is 17.2 Å². The molecule has 1 atom stereocenters. The average Bonchev–Trinajstić information content (AvgIpc) is 2.61. The zero-order chi connectivity index (χ0) is 18.0. The van der Waals surface area contributed by atoms with Crippen molar-refractivity contribution in [1.29, 1.82) is 0 Å². The highest BCUT2D eigenvalue weighted by Crippen LogP contribution is 2.31. The van der Waals surface area contributed by atoms with Gasteiger partial charge in [-0.15, -0.1) is 0 Å². The topological polar surface area (TPSA) is 55.8 Å². The first-order valence-corrected chi connectivity index (χ1v) is 9.14. The molecule has 1 aliphatic heterocycles. The van der Waals surface area contributed by atoms with Gasteiger partial charge in [0.1, 0.15) is 6.61 Å². The Morgan fingerprint density at radius 2 is 1.76 bits per heavy atom. The van der Waals surface area contributed by atoms with E-state index in [0.29, 0.717) is 30.3 Å². The molecule has 0 saturated heterocycles. The molecular weight excluding hydrogens is 352 g/mol. The largest absolute Gasteiger partial charge is 0.486 e. The minimum absolute atomic E-state index is 0.204. The quantitative estimate of drug-likeness (QED) is 0.811.